The van der Waals surface area contributed by atoms with E-state index in [9.17, 15) is 13.2 Å². The zero-order valence-electron chi connectivity index (χ0n) is 10.5. The van der Waals surface area contributed by atoms with E-state index in [0.717, 1.165) is 0 Å². The Hall–Kier alpha value is -1.08. The highest BCUT2D eigenvalue weighted by Crippen LogP contribution is 2.36. The smallest absolute Gasteiger partial charge is 0.222 e. The van der Waals surface area contributed by atoms with Crippen molar-refractivity contribution >= 4 is 37.4 Å². The van der Waals surface area contributed by atoms with Crippen LogP contribution >= 0.6 is 15.9 Å². The molecular formula is C12H15BrN2O3S. The van der Waals surface area contributed by atoms with Gasteiger partial charge in [0.1, 0.15) is 0 Å². The number of primary amides is 1. The van der Waals surface area contributed by atoms with Crippen LogP contribution in [0.2, 0.25) is 0 Å². The van der Waals surface area contributed by atoms with Crippen LogP contribution in [0.5, 0.6) is 0 Å². The molecule has 104 valence electrons. The van der Waals surface area contributed by atoms with E-state index in [4.69, 9.17) is 5.73 Å². The fourth-order valence-electron chi connectivity index (χ4n) is 2.30. The van der Waals surface area contributed by atoms with Crippen molar-refractivity contribution in [3.05, 3.63) is 22.7 Å². The van der Waals surface area contributed by atoms with Crippen molar-refractivity contribution in [3.63, 3.8) is 0 Å². The van der Waals surface area contributed by atoms with E-state index in [1.54, 1.807) is 18.2 Å². The molecule has 2 N–H and O–H groups in total. The fraction of sp³-hybridized carbons (Fsp3) is 0.417. The first-order valence-corrected chi connectivity index (χ1v) is 8.52. The molecule has 0 bridgehead atoms. The molecule has 1 aliphatic heterocycles. The first-order chi connectivity index (χ1) is 8.80. The molecule has 0 saturated carbocycles. The van der Waals surface area contributed by atoms with Gasteiger partial charge in [0.15, 0.2) is 9.84 Å². The van der Waals surface area contributed by atoms with Crippen molar-refractivity contribution in [3.8, 4) is 0 Å². The molecule has 1 aliphatic rings. The summed E-state index contributed by atoms with van der Waals surface area (Å²) >= 11 is 3.38. The van der Waals surface area contributed by atoms with Gasteiger partial charge in [-0.3, -0.25) is 4.79 Å². The molecule has 2 rings (SSSR count). The van der Waals surface area contributed by atoms with Crippen molar-refractivity contribution in [2.45, 2.75) is 11.3 Å². The van der Waals surface area contributed by atoms with Crippen LogP contribution < -0.4 is 10.6 Å². The summed E-state index contributed by atoms with van der Waals surface area (Å²) in [6.07, 6.45) is 1.83. The van der Waals surface area contributed by atoms with Crippen molar-refractivity contribution in [1.82, 2.24) is 0 Å². The van der Waals surface area contributed by atoms with Gasteiger partial charge in [-0.15, -0.1) is 0 Å². The Bertz CT molecular complexity index is 615. The summed E-state index contributed by atoms with van der Waals surface area (Å²) < 4.78 is 24.4. The molecule has 0 spiro atoms. The minimum absolute atomic E-state index is 0.223. The van der Waals surface area contributed by atoms with Crippen LogP contribution in [0.25, 0.3) is 0 Å². The van der Waals surface area contributed by atoms with Gasteiger partial charge < -0.3 is 10.6 Å². The third kappa shape index (κ3) is 2.92. The Kier molecular flexibility index (Phi) is 3.87. The van der Waals surface area contributed by atoms with Gasteiger partial charge in [0.2, 0.25) is 5.91 Å². The number of nitrogens with two attached hydrogens (primary N) is 1. The zero-order chi connectivity index (χ0) is 14.2. The molecule has 1 fully saturated rings. The van der Waals surface area contributed by atoms with Crippen molar-refractivity contribution in [2.24, 2.45) is 11.7 Å². The molecule has 1 atom stereocenters. The Morgan fingerprint density at radius 2 is 2.16 bits per heavy atom. The number of benzene rings is 1. The quantitative estimate of drug-likeness (QED) is 0.890. The van der Waals surface area contributed by atoms with Crippen LogP contribution in [0, 0.1) is 5.92 Å². The molecule has 1 aromatic carbocycles. The summed E-state index contributed by atoms with van der Waals surface area (Å²) in [4.78, 5) is 13.4. The Morgan fingerprint density at radius 3 is 2.68 bits per heavy atom. The van der Waals surface area contributed by atoms with Crippen LogP contribution in [0.1, 0.15) is 6.42 Å². The first-order valence-electron chi connectivity index (χ1n) is 5.83. The lowest BCUT2D eigenvalue weighted by molar-refractivity contribution is -0.121. The first kappa shape index (κ1) is 14.3. The largest absolute Gasteiger partial charge is 0.369 e. The molecule has 0 unspecified atom stereocenters. The Balaban J connectivity index is 2.44. The van der Waals surface area contributed by atoms with Crippen LogP contribution in [-0.4, -0.2) is 33.7 Å². The monoisotopic (exact) mass is 346 g/mol. The summed E-state index contributed by atoms with van der Waals surface area (Å²) in [6, 6.07) is 5.06. The molecule has 0 aliphatic carbocycles. The summed E-state index contributed by atoms with van der Waals surface area (Å²) in [6.45, 7) is 1.08. The molecular weight excluding hydrogens is 332 g/mol. The lowest BCUT2D eigenvalue weighted by Gasteiger charge is -2.22. The maximum atomic E-state index is 11.8. The average molecular weight is 347 g/mol. The second kappa shape index (κ2) is 5.13. The minimum Gasteiger partial charge on any atom is -0.369 e. The maximum Gasteiger partial charge on any atom is 0.222 e. The van der Waals surface area contributed by atoms with Crippen molar-refractivity contribution < 1.29 is 13.2 Å². The van der Waals surface area contributed by atoms with Crippen molar-refractivity contribution in [1.29, 1.82) is 0 Å². The number of hydrogen-bond acceptors (Lipinski definition) is 4. The fourth-order valence-corrected chi connectivity index (χ4v) is 3.96. The summed E-state index contributed by atoms with van der Waals surface area (Å²) in [5, 5.41) is 0. The number of rotatable bonds is 3. The highest BCUT2D eigenvalue weighted by Gasteiger charge is 2.30. The molecule has 1 aromatic rings. The van der Waals surface area contributed by atoms with Gasteiger partial charge in [-0.25, -0.2) is 8.42 Å². The summed E-state index contributed by atoms with van der Waals surface area (Å²) in [5.74, 6) is -0.560. The number of sulfone groups is 1. The van der Waals surface area contributed by atoms with Crippen molar-refractivity contribution in [2.75, 3.05) is 24.2 Å². The number of para-hydroxylation sites is 1. The van der Waals surface area contributed by atoms with Gasteiger partial charge in [0.05, 0.1) is 16.5 Å². The van der Waals surface area contributed by atoms with E-state index in [1.165, 1.54) is 6.26 Å². The van der Waals surface area contributed by atoms with E-state index in [1.807, 2.05) is 4.90 Å². The normalized spacial score (nSPS) is 19.7. The van der Waals surface area contributed by atoms with Crippen LogP contribution in [0.3, 0.4) is 0 Å². The summed E-state index contributed by atoms with van der Waals surface area (Å²) in [5.41, 5.74) is 5.92. The number of amides is 1. The highest BCUT2D eigenvalue weighted by molar-refractivity contribution is 9.10. The Labute approximate surface area is 120 Å². The van der Waals surface area contributed by atoms with Crippen LogP contribution in [0.15, 0.2) is 27.6 Å². The van der Waals surface area contributed by atoms with Crippen LogP contribution in [0.4, 0.5) is 5.69 Å². The topological polar surface area (TPSA) is 80.5 Å². The predicted molar refractivity (Wildman–Crippen MR) is 76.8 cm³/mol. The van der Waals surface area contributed by atoms with Crippen LogP contribution in [-0.2, 0) is 14.6 Å². The predicted octanol–water partition coefficient (Wildman–Crippen LogP) is 1.16. The van der Waals surface area contributed by atoms with Gasteiger partial charge >= 0.3 is 0 Å². The number of hydrogen-bond donors (Lipinski definition) is 1. The molecule has 1 saturated heterocycles. The molecule has 0 aromatic heterocycles. The third-order valence-electron chi connectivity index (χ3n) is 3.26. The molecule has 0 radical (unpaired) electrons. The van der Waals surface area contributed by atoms with Gasteiger partial charge in [-0.2, -0.15) is 0 Å². The van der Waals surface area contributed by atoms with E-state index >= 15 is 0 Å². The van der Waals surface area contributed by atoms with E-state index in [-0.39, 0.29) is 16.7 Å². The van der Waals surface area contributed by atoms with E-state index < -0.39 is 9.84 Å². The number of anilines is 1. The number of nitrogens with zero attached hydrogens (tertiary/aromatic N) is 1. The van der Waals surface area contributed by atoms with E-state index in [0.29, 0.717) is 29.7 Å². The molecule has 19 heavy (non-hydrogen) atoms. The second-order valence-electron chi connectivity index (χ2n) is 4.69. The molecule has 5 nitrogen and oxygen atoms in total. The second-order valence-corrected chi connectivity index (χ2v) is 7.53. The molecule has 1 heterocycles. The highest BCUT2D eigenvalue weighted by atomic mass is 79.9. The van der Waals surface area contributed by atoms with Gasteiger partial charge in [0.25, 0.3) is 0 Å². The van der Waals surface area contributed by atoms with Gasteiger partial charge in [0, 0.05) is 23.8 Å². The lowest BCUT2D eigenvalue weighted by atomic mass is 10.1. The van der Waals surface area contributed by atoms with E-state index in [2.05, 4.69) is 15.9 Å². The average Bonchev–Trinajstić information content (AvgIpc) is 2.76. The SMILES string of the molecule is CS(=O)(=O)c1cccc(Br)c1N1CC[C@@H](C(N)=O)C1. The zero-order valence-corrected chi connectivity index (χ0v) is 12.9. The lowest BCUT2D eigenvalue weighted by Crippen LogP contribution is -2.28. The molecule has 1 amide bonds. The molecule has 7 heteroatoms. The number of halogens is 1. The third-order valence-corrected chi connectivity index (χ3v) is 5.02. The Morgan fingerprint density at radius 1 is 1.47 bits per heavy atom. The minimum atomic E-state index is -3.32. The van der Waals surface area contributed by atoms with Gasteiger partial charge in [-0.05, 0) is 34.5 Å². The number of carbonyl (C=O) groups is 1. The standard InChI is InChI=1S/C12H15BrN2O3S/c1-19(17,18)10-4-2-3-9(13)11(10)15-6-5-8(7-15)12(14)16/h2-4,8H,5-7H2,1H3,(H2,14,16)/t8-/m1/s1. The number of carbonyl (C=O) groups excluding carboxylic acids is 1. The maximum absolute atomic E-state index is 11.8. The summed E-state index contributed by atoms with van der Waals surface area (Å²) in [7, 11) is -3.32. The van der Waals surface area contributed by atoms with Gasteiger partial charge in [-0.1, -0.05) is 6.07 Å².